The third-order valence-corrected chi connectivity index (χ3v) is 3.36. The fourth-order valence-electron chi connectivity index (χ4n) is 2.26. The minimum absolute atomic E-state index is 0.848. The number of ether oxygens (including phenoxy) is 1. The highest BCUT2D eigenvalue weighted by molar-refractivity contribution is 5.71. The number of hydrogen-bond acceptors (Lipinski definition) is 3. The van der Waals surface area contributed by atoms with Crippen LogP contribution in [0.5, 0.6) is 5.75 Å². The Balaban J connectivity index is 1.98. The minimum Gasteiger partial charge on any atom is -0.496 e. The number of rotatable bonds is 3. The van der Waals surface area contributed by atoms with Crippen molar-refractivity contribution in [2.75, 3.05) is 7.11 Å². The number of para-hydroxylation sites is 1. The molecule has 0 saturated carbocycles. The predicted octanol–water partition coefficient (Wildman–Crippen LogP) is 4.13. The van der Waals surface area contributed by atoms with E-state index in [1.165, 1.54) is 5.56 Å². The van der Waals surface area contributed by atoms with Crippen molar-refractivity contribution in [1.82, 2.24) is 9.97 Å². The molecular formula is C18H16N2O. The number of nitrogens with zero attached hydrogens (tertiary/aromatic N) is 2. The molecule has 104 valence electrons. The molecule has 21 heavy (non-hydrogen) atoms. The van der Waals surface area contributed by atoms with Crippen molar-refractivity contribution in [2.24, 2.45) is 0 Å². The van der Waals surface area contributed by atoms with Crippen molar-refractivity contribution in [3.05, 3.63) is 66.5 Å². The molecule has 3 rings (SSSR count). The van der Waals surface area contributed by atoms with E-state index in [-0.39, 0.29) is 0 Å². The van der Waals surface area contributed by atoms with E-state index in [0.717, 1.165) is 28.3 Å². The number of pyridine rings is 2. The summed E-state index contributed by atoms with van der Waals surface area (Å²) in [5.74, 6) is 0.848. The summed E-state index contributed by atoms with van der Waals surface area (Å²) in [5, 5.41) is 0. The lowest BCUT2D eigenvalue weighted by Gasteiger charge is -2.08. The van der Waals surface area contributed by atoms with Crippen molar-refractivity contribution >= 4 is 0 Å². The van der Waals surface area contributed by atoms with E-state index in [1.807, 2.05) is 61.7 Å². The Bertz CT molecular complexity index is 751. The van der Waals surface area contributed by atoms with Gasteiger partial charge in [-0.2, -0.15) is 0 Å². The van der Waals surface area contributed by atoms with E-state index < -0.39 is 0 Å². The topological polar surface area (TPSA) is 35.0 Å². The largest absolute Gasteiger partial charge is 0.496 e. The Morgan fingerprint density at radius 3 is 2.48 bits per heavy atom. The second-order valence-corrected chi connectivity index (χ2v) is 4.85. The lowest BCUT2D eigenvalue weighted by molar-refractivity contribution is 0.416. The highest BCUT2D eigenvalue weighted by atomic mass is 16.5. The fourth-order valence-corrected chi connectivity index (χ4v) is 2.26. The molecule has 0 atom stereocenters. The molecule has 0 aliphatic rings. The molecule has 0 radical (unpaired) electrons. The summed E-state index contributed by atoms with van der Waals surface area (Å²) >= 11 is 0. The van der Waals surface area contributed by atoms with Gasteiger partial charge in [0, 0.05) is 23.5 Å². The monoisotopic (exact) mass is 276 g/mol. The molecule has 0 fully saturated rings. The van der Waals surface area contributed by atoms with E-state index >= 15 is 0 Å². The first kappa shape index (κ1) is 13.3. The third kappa shape index (κ3) is 2.77. The van der Waals surface area contributed by atoms with Crippen LogP contribution in [0.1, 0.15) is 5.56 Å². The molecule has 0 amide bonds. The molecule has 3 aromatic rings. The van der Waals surface area contributed by atoms with Crippen LogP contribution >= 0.6 is 0 Å². The van der Waals surface area contributed by atoms with Gasteiger partial charge in [0.25, 0.3) is 0 Å². The summed E-state index contributed by atoms with van der Waals surface area (Å²) < 4.78 is 5.39. The van der Waals surface area contributed by atoms with Crippen LogP contribution in [0.25, 0.3) is 22.5 Å². The number of methoxy groups -OCH3 is 1. The lowest BCUT2D eigenvalue weighted by Crippen LogP contribution is -1.90. The zero-order valence-electron chi connectivity index (χ0n) is 12.1. The first-order valence-electron chi connectivity index (χ1n) is 6.80. The van der Waals surface area contributed by atoms with Gasteiger partial charge in [-0.25, -0.2) is 0 Å². The highest BCUT2D eigenvalue weighted by Gasteiger charge is 2.06. The molecule has 0 aliphatic carbocycles. The van der Waals surface area contributed by atoms with Gasteiger partial charge in [0.05, 0.1) is 18.5 Å². The predicted molar refractivity (Wildman–Crippen MR) is 84.2 cm³/mol. The molecule has 3 heteroatoms. The smallest absolute Gasteiger partial charge is 0.126 e. The van der Waals surface area contributed by atoms with Crippen molar-refractivity contribution < 1.29 is 4.74 Å². The molecule has 0 N–H and O–H groups in total. The molecule has 0 bridgehead atoms. The fraction of sp³-hybridized carbons (Fsp3) is 0.111. The Labute approximate surface area is 124 Å². The summed E-state index contributed by atoms with van der Waals surface area (Å²) in [4.78, 5) is 8.88. The van der Waals surface area contributed by atoms with Crippen LogP contribution < -0.4 is 4.74 Å². The number of aryl methyl sites for hydroxylation is 1. The first-order chi connectivity index (χ1) is 10.3. The molecule has 2 aromatic heterocycles. The maximum absolute atomic E-state index is 5.39. The summed E-state index contributed by atoms with van der Waals surface area (Å²) in [7, 11) is 1.68. The molecule has 0 aliphatic heterocycles. The first-order valence-corrected chi connectivity index (χ1v) is 6.80. The van der Waals surface area contributed by atoms with Crippen LogP contribution in [0.3, 0.4) is 0 Å². The number of hydrogen-bond donors (Lipinski definition) is 0. The zero-order chi connectivity index (χ0) is 14.7. The normalized spacial score (nSPS) is 10.4. The van der Waals surface area contributed by atoms with E-state index in [4.69, 9.17) is 4.74 Å². The standard InChI is InChI=1S/C18H16N2O/c1-13-9-10-19-17(11-13)16-8-7-14(12-20-16)15-5-3-4-6-18(15)21-2/h3-12H,1-2H3. The second-order valence-electron chi connectivity index (χ2n) is 4.85. The van der Waals surface area contributed by atoms with Crippen LogP contribution in [0.2, 0.25) is 0 Å². The van der Waals surface area contributed by atoms with Crippen LogP contribution in [0, 0.1) is 6.92 Å². The Hall–Kier alpha value is -2.68. The van der Waals surface area contributed by atoms with Crippen molar-refractivity contribution in [3.8, 4) is 28.3 Å². The summed E-state index contributed by atoms with van der Waals surface area (Å²) in [5.41, 5.74) is 5.01. The van der Waals surface area contributed by atoms with Crippen LogP contribution in [0.15, 0.2) is 60.9 Å². The summed E-state index contributed by atoms with van der Waals surface area (Å²) in [6.45, 7) is 2.05. The third-order valence-electron chi connectivity index (χ3n) is 3.36. The molecule has 1 aromatic carbocycles. The Morgan fingerprint density at radius 2 is 1.76 bits per heavy atom. The molecule has 2 heterocycles. The van der Waals surface area contributed by atoms with Crippen LogP contribution in [-0.2, 0) is 0 Å². The maximum Gasteiger partial charge on any atom is 0.126 e. The molecule has 0 spiro atoms. The lowest BCUT2D eigenvalue weighted by atomic mass is 10.1. The zero-order valence-corrected chi connectivity index (χ0v) is 12.1. The molecule has 0 unspecified atom stereocenters. The van der Waals surface area contributed by atoms with Gasteiger partial charge in [-0.05, 0) is 36.8 Å². The van der Waals surface area contributed by atoms with Crippen molar-refractivity contribution in [2.45, 2.75) is 6.92 Å². The van der Waals surface area contributed by atoms with Gasteiger partial charge in [-0.3, -0.25) is 9.97 Å². The second kappa shape index (κ2) is 5.75. The van der Waals surface area contributed by atoms with Gasteiger partial charge in [0.1, 0.15) is 5.75 Å². The van der Waals surface area contributed by atoms with E-state index in [0.29, 0.717) is 0 Å². The van der Waals surface area contributed by atoms with E-state index in [2.05, 4.69) is 9.97 Å². The van der Waals surface area contributed by atoms with Gasteiger partial charge in [0.2, 0.25) is 0 Å². The quantitative estimate of drug-likeness (QED) is 0.721. The van der Waals surface area contributed by atoms with E-state index in [9.17, 15) is 0 Å². The average molecular weight is 276 g/mol. The van der Waals surface area contributed by atoms with Crippen LogP contribution in [-0.4, -0.2) is 17.1 Å². The Morgan fingerprint density at radius 1 is 0.905 bits per heavy atom. The van der Waals surface area contributed by atoms with Crippen LogP contribution in [0.4, 0.5) is 0 Å². The van der Waals surface area contributed by atoms with E-state index in [1.54, 1.807) is 13.3 Å². The Kier molecular flexibility index (Phi) is 3.65. The van der Waals surface area contributed by atoms with Gasteiger partial charge in [0.15, 0.2) is 0 Å². The number of aromatic nitrogens is 2. The highest BCUT2D eigenvalue weighted by Crippen LogP contribution is 2.29. The minimum atomic E-state index is 0.848. The molecule has 0 saturated heterocycles. The van der Waals surface area contributed by atoms with Gasteiger partial charge in [-0.1, -0.05) is 24.3 Å². The SMILES string of the molecule is COc1ccccc1-c1ccc(-c2cc(C)ccn2)nc1. The summed E-state index contributed by atoms with van der Waals surface area (Å²) in [6.07, 6.45) is 3.66. The molecular weight excluding hydrogens is 260 g/mol. The summed E-state index contributed by atoms with van der Waals surface area (Å²) in [6, 6.07) is 16.0. The molecule has 3 nitrogen and oxygen atoms in total. The maximum atomic E-state index is 5.39. The van der Waals surface area contributed by atoms with Gasteiger partial charge in [-0.15, -0.1) is 0 Å². The van der Waals surface area contributed by atoms with Gasteiger partial charge >= 0.3 is 0 Å². The van der Waals surface area contributed by atoms with Crippen molar-refractivity contribution in [3.63, 3.8) is 0 Å². The average Bonchev–Trinajstić information content (AvgIpc) is 2.55. The van der Waals surface area contributed by atoms with Crippen molar-refractivity contribution in [1.29, 1.82) is 0 Å². The number of benzene rings is 1. The van der Waals surface area contributed by atoms with Gasteiger partial charge < -0.3 is 4.74 Å².